The molecule has 0 aliphatic rings. The number of rotatable bonds is 5. The molecule has 146 valence electrons. The van der Waals surface area contributed by atoms with E-state index >= 15 is 0 Å². The Balaban J connectivity index is 1.97. The van der Waals surface area contributed by atoms with Crippen LogP contribution in [0.5, 0.6) is 0 Å². The maximum atomic E-state index is 13.0. The van der Waals surface area contributed by atoms with Crippen LogP contribution in [-0.2, 0) is 17.1 Å². The topological polar surface area (TPSA) is 97.2 Å². The Morgan fingerprint density at radius 2 is 1.82 bits per heavy atom. The third-order valence-corrected chi connectivity index (χ3v) is 6.13. The van der Waals surface area contributed by atoms with E-state index in [0.29, 0.717) is 5.82 Å². The number of nitrogens with one attached hydrogen (secondary N) is 1. The molecule has 0 atom stereocenters. The number of hydrogen-bond acceptors (Lipinski definition) is 5. The number of sulfonamides is 1. The van der Waals surface area contributed by atoms with E-state index in [9.17, 15) is 13.2 Å². The predicted molar refractivity (Wildman–Crippen MR) is 107 cm³/mol. The quantitative estimate of drug-likeness (QED) is 0.711. The summed E-state index contributed by atoms with van der Waals surface area (Å²) in [6.07, 6.45) is 2.91. The van der Waals surface area contributed by atoms with Gasteiger partial charge in [0.15, 0.2) is 5.82 Å². The number of aryl methyl sites for hydroxylation is 3. The molecule has 0 aliphatic heterocycles. The highest BCUT2D eigenvalue weighted by Gasteiger charge is 2.28. The van der Waals surface area contributed by atoms with Crippen molar-refractivity contribution in [3.8, 4) is 0 Å². The van der Waals surface area contributed by atoms with Gasteiger partial charge in [-0.2, -0.15) is 5.10 Å². The number of carbonyl (C=O) groups excluding carboxylic acids is 1. The van der Waals surface area contributed by atoms with Gasteiger partial charge < -0.3 is 5.32 Å². The highest BCUT2D eigenvalue weighted by atomic mass is 32.2. The average Bonchev–Trinajstić information content (AvgIpc) is 3.04. The minimum absolute atomic E-state index is 0.130. The summed E-state index contributed by atoms with van der Waals surface area (Å²) in [6.45, 7) is 3.70. The molecule has 0 saturated carbocycles. The predicted octanol–water partition coefficient (Wildman–Crippen LogP) is 2.51. The van der Waals surface area contributed by atoms with Crippen LogP contribution in [0, 0.1) is 13.8 Å². The number of hydrogen-bond donors (Lipinski definition) is 1. The van der Waals surface area contributed by atoms with E-state index in [-0.39, 0.29) is 16.3 Å². The van der Waals surface area contributed by atoms with E-state index in [1.165, 1.54) is 30.1 Å². The van der Waals surface area contributed by atoms with Crippen LogP contribution >= 0.6 is 0 Å². The number of carbonyl (C=O) groups is 1. The van der Waals surface area contributed by atoms with E-state index < -0.39 is 15.9 Å². The first kappa shape index (κ1) is 19.6. The van der Waals surface area contributed by atoms with E-state index in [0.717, 1.165) is 15.4 Å². The van der Waals surface area contributed by atoms with Crippen LogP contribution in [0.4, 0.5) is 11.6 Å². The van der Waals surface area contributed by atoms with E-state index in [2.05, 4.69) is 15.4 Å². The standard InChI is InChI=1S/C19H21N5O3S/c1-13-7-9-15(10-8-13)28(26,27)24(4)19-16(12-21-23(19)3)18(25)22-17-14(2)6-5-11-20-17/h5-12H,1-4H3,(H,20,22,25). The van der Waals surface area contributed by atoms with E-state index in [1.807, 2.05) is 19.9 Å². The molecule has 3 rings (SSSR count). The Morgan fingerprint density at radius 3 is 2.46 bits per heavy atom. The molecule has 2 heterocycles. The molecular formula is C19H21N5O3S. The lowest BCUT2D eigenvalue weighted by atomic mass is 10.2. The van der Waals surface area contributed by atoms with E-state index in [1.54, 1.807) is 31.4 Å². The van der Waals surface area contributed by atoms with Crippen molar-refractivity contribution in [2.75, 3.05) is 16.7 Å². The van der Waals surface area contributed by atoms with Crippen LogP contribution in [0.1, 0.15) is 21.5 Å². The molecule has 8 nitrogen and oxygen atoms in total. The normalized spacial score (nSPS) is 11.3. The fourth-order valence-electron chi connectivity index (χ4n) is 2.74. The molecule has 2 aromatic heterocycles. The Kier molecular flexibility index (Phi) is 5.19. The molecule has 1 N–H and O–H groups in total. The lowest BCUT2D eigenvalue weighted by Gasteiger charge is -2.21. The van der Waals surface area contributed by atoms with Crippen molar-refractivity contribution in [1.29, 1.82) is 0 Å². The monoisotopic (exact) mass is 399 g/mol. The van der Waals surface area contributed by atoms with Gasteiger partial charge in [0.2, 0.25) is 0 Å². The maximum Gasteiger partial charge on any atom is 0.265 e. The van der Waals surface area contributed by atoms with Gasteiger partial charge >= 0.3 is 0 Å². The second kappa shape index (κ2) is 7.43. The zero-order valence-corrected chi connectivity index (χ0v) is 16.9. The van der Waals surface area contributed by atoms with Gasteiger partial charge in [-0.15, -0.1) is 0 Å². The van der Waals surface area contributed by atoms with Crippen LogP contribution in [0.3, 0.4) is 0 Å². The average molecular weight is 399 g/mol. The first-order valence-electron chi connectivity index (χ1n) is 8.52. The third kappa shape index (κ3) is 3.61. The zero-order valence-electron chi connectivity index (χ0n) is 16.0. The van der Waals surface area contributed by atoms with Crippen LogP contribution in [-0.4, -0.2) is 36.1 Å². The molecule has 3 aromatic rings. The van der Waals surface area contributed by atoms with Gasteiger partial charge in [0, 0.05) is 20.3 Å². The third-order valence-electron chi connectivity index (χ3n) is 4.37. The van der Waals surface area contributed by atoms with Gasteiger partial charge in [-0.1, -0.05) is 23.8 Å². The minimum atomic E-state index is -3.86. The smallest absolute Gasteiger partial charge is 0.265 e. The summed E-state index contributed by atoms with van der Waals surface area (Å²) in [5.74, 6) is 0.0777. The number of anilines is 2. The zero-order chi connectivity index (χ0) is 20.5. The number of amides is 1. The molecular weight excluding hydrogens is 378 g/mol. The SMILES string of the molecule is Cc1ccc(S(=O)(=O)N(C)c2c(C(=O)Nc3ncccc3C)cnn2C)cc1. The Labute approximate surface area is 163 Å². The summed E-state index contributed by atoms with van der Waals surface area (Å²) >= 11 is 0. The van der Waals surface area contributed by atoms with Crippen molar-refractivity contribution >= 4 is 27.6 Å². The summed E-state index contributed by atoms with van der Waals surface area (Å²) in [4.78, 5) is 17.1. The van der Waals surface area contributed by atoms with Crippen molar-refractivity contribution in [3.05, 3.63) is 65.5 Å². The second-order valence-electron chi connectivity index (χ2n) is 6.41. The van der Waals surface area contributed by atoms with E-state index in [4.69, 9.17) is 0 Å². The molecule has 0 radical (unpaired) electrons. The molecule has 9 heteroatoms. The van der Waals surface area contributed by atoms with Crippen molar-refractivity contribution in [2.45, 2.75) is 18.7 Å². The summed E-state index contributed by atoms with van der Waals surface area (Å²) < 4.78 is 28.5. The minimum Gasteiger partial charge on any atom is -0.306 e. The first-order valence-corrected chi connectivity index (χ1v) is 9.96. The lowest BCUT2D eigenvalue weighted by molar-refractivity contribution is 0.102. The maximum absolute atomic E-state index is 13.0. The largest absolute Gasteiger partial charge is 0.306 e. The molecule has 1 aromatic carbocycles. The van der Waals surface area contributed by atoms with Crippen molar-refractivity contribution in [2.24, 2.45) is 7.05 Å². The van der Waals surface area contributed by atoms with Gasteiger partial charge in [-0.25, -0.2) is 13.4 Å². The first-order chi connectivity index (χ1) is 13.2. The van der Waals surface area contributed by atoms with Crippen molar-refractivity contribution < 1.29 is 13.2 Å². The van der Waals surface area contributed by atoms with Gasteiger partial charge in [0.1, 0.15) is 11.4 Å². The fourth-order valence-corrected chi connectivity index (χ4v) is 3.98. The highest BCUT2D eigenvalue weighted by Crippen LogP contribution is 2.26. The Bertz CT molecular complexity index is 1120. The molecule has 0 spiro atoms. The number of aromatic nitrogens is 3. The Hall–Kier alpha value is -3.20. The molecule has 0 bridgehead atoms. The van der Waals surface area contributed by atoms with Crippen LogP contribution in [0.25, 0.3) is 0 Å². The molecule has 28 heavy (non-hydrogen) atoms. The Morgan fingerprint density at radius 1 is 1.14 bits per heavy atom. The molecule has 0 saturated heterocycles. The lowest BCUT2D eigenvalue weighted by Crippen LogP contribution is -2.30. The summed E-state index contributed by atoms with van der Waals surface area (Å²) in [6, 6.07) is 10.1. The fraction of sp³-hybridized carbons (Fsp3) is 0.211. The molecule has 0 aliphatic carbocycles. The molecule has 0 fully saturated rings. The van der Waals surface area contributed by atoms with Gasteiger partial charge in [-0.3, -0.25) is 13.8 Å². The second-order valence-corrected chi connectivity index (χ2v) is 8.38. The summed E-state index contributed by atoms with van der Waals surface area (Å²) in [7, 11) is -0.881. The molecule has 0 unspecified atom stereocenters. The van der Waals surface area contributed by atoms with Gasteiger partial charge in [0.25, 0.3) is 15.9 Å². The summed E-state index contributed by atoms with van der Waals surface area (Å²) in [5, 5.41) is 6.78. The van der Waals surface area contributed by atoms with Crippen molar-refractivity contribution in [3.63, 3.8) is 0 Å². The summed E-state index contributed by atoms with van der Waals surface area (Å²) in [5.41, 5.74) is 1.88. The number of benzene rings is 1. The van der Waals surface area contributed by atoms with Crippen LogP contribution in [0.2, 0.25) is 0 Å². The van der Waals surface area contributed by atoms with Crippen LogP contribution in [0.15, 0.2) is 53.7 Å². The van der Waals surface area contributed by atoms with Gasteiger partial charge in [-0.05, 0) is 37.6 Å². The van der Waals surface area contributed by atoms with Gasteiger partial charge in [0.05, 0.1) is 11.1 Å². The molecule has 1 amide bonds. The number of pyridine rings is 1. The van der Waals surface area contributed by atoms with Crippen molar-refractivity contribution in [1.82, 2.24) is 14.8 Å². The van der Waals surface area contributed by atoms with Crippen LogP contribution < -0.4 is 9.62 Å². The number of nitrogens with zero attached hydrogens (tertiary/aromatic N) is 4. The highest BCUT2D eigenvalue weighted by molar-refractivity contribution is 7.92.